The Hall–Kier alpha value is -0.0800. The molecule has 0 radical (unpaired) electrons. The van der Waals surface area contributed by atoms with Gasteiger partial charge in [-0.25, -0.2) is 0 Å². The van der Waals surface area contributed by atoms with E-state index in [1.807, 2.05) is 0 Å². The van der Waals surface area contributed by atoms with E-state index in [1.54, 1.807) is 0 Å². The van der Waals surface area contributed by atoms with Crippen molar-refractivity contribution in [2.24, 2.45) is 0 Å². The van der Waals surface area contributed by atoms with E-state index in [2.05, 4.69) is 44.9 Å². The van der Waals surface area contributed by atoms with Crippen LogP contribution in [-0.4, -0.2) is 50.6 Å². The van der Waals surface area contributed by atoms with Gasteiger partial charge in [-0.05, 0) is 34.6 Å². The first-order chi connectivity index (χ1) is 10.6. The Morgan fingerprint density at radius 2 is 1.00 bits per heavy atom. The molecular formula is C20H44N2. The highest BCUT2D eigenvalue weighted by atomic mass is 15.2. The van der Waals surface area contributed by atoms with E-state index < -0.39 is 0 Å². The van der Waals surface area contributed by atoms with Crippen molar-refractivity contribution in [3.8, 4) is 0 Å². The molecule has 0 saturated heterocycles. The normalized spacial score (nSPS) is 13.2. The third kappa shape index (κ3) is 14.8. The van der Waals surface area contributed by atoms with Crippen LogP contribution in [0.1, 0.15) is 90.4 Å². The van der Waals surface area contributed by atoms with Crippen molar-refractivity contribution in [3.05, 3.63) is 0 Å². The minimum Gasteiger partial charge on any atom is -0.308 e. The van der Waals surface area contributed by atoms with Crippen molar-refractivity contribution in [1.29, 1.82) is 0 Å². The van der Waals surface area contributed by atoms with Crippen LogP contribution < -0.4 is 0 Å². The Labute approximate surface area is 141 Å². The molecule has 0 saturated carbocycles. The molecule has 0 aromatic carbocycles. The zero-order valence-corrected chi connectivity index (χ0v) is 16.4. The average molecular weight is 313 g/mol. The van der Waals surface area contributed by atoms with Gasteiger partial charge in [-0.1, -0.05) is 84.0 Å². The average Bonchev–Trinajstić information content (AvgIpc) is 2.46. The van der Waals surface area contributed by atoms with Crippen LogP contribution in [0.15, 0.2) is 0 Å². The second-order valence-corrected chi connectivity index (χ2v) is 7.56. The van der Waals surface area contributed by atoms with E-state index in [4.69, 9.17) is 0 Å². The minimum absolute atomic E-state index is 0.720. The summed E-state index contributed by atoms with van der Waals surface area (Å²) in [6.45, 7) is 3.48. The van der Waals surface area contributed by atoms with Gasteiger partial charge in [0.05, 0.1) is 0 Å². The summed E-state index contributed by atoms with van der Waals surface area (Å²) in [4.78, 5) is 4.70. The number of rotatable bonds is 16. The molecule has 0 aromatic rings. The standard InChI is InChI=1S/C20H44N2/c1-6-7-8-9-10-11-12-13-14-15-16-17-18-20(22(4)5)19-21(2)3/h20H,6-19H2,1-5H3. The summed E-state index contributed by atoms with van der Waals surface area (Å²) >= 11 is 0. The third-order valence-electron chi connectivity index (χ3n) is 4.70. The third-order valence-corrected chi connectivity index (χ3v) is 4.70. The van der Waals surface area contributed by atoms with E-state index in [9.17, 15) is 0 Å². The molecule has 0 aromatic heterocycles. The first-order valence-corrected chi connectivity index (χ1v) is 9.89. The fraction of sp³-hybridized carbons (Fsp3) is 1.00. The summed E-state index contributed by atoms with van der Waals surface area (Å²) in [5, 5.41) is 0. The lowest BCUT2D eigenvalue weighted by atomic mass is 10.0. The molecule has 0 N–H and O–H groups in total. The summed E-state index contributed by atoms with van der Waals surface area (Å²) in [6.07, 6.45) is 18.6. The van der Waals surface area contributed by atoms with Crippen molar-refractivity contribution in [1.82, 2.24) is 9.80 Å². The largest absolute Gasteiger partial charge is 0.308 e. The van der Waals surface area contributed by atoms with E-state index >= 15 is 0 Å². The Balaban J connectivity index is 3.31. The van der Waals surface area contributed by atoms with Crippen LogP contribution in [0.5, 0.6) is 0 Å². The molecule has 0 fully saturated rings. The minimum atomic E-state index is 0.720. The highest BCUT2D eigenvalue weighted by molar-refractivity contribution is 4.69. The van der Waals surface area contributed by atoms with Crippen LogP contribution >= 0.6 is 0 Å². The van der Waals surface area contributed by atoms with Gasteiger partial charge in [-0.2, -0.15) is 0 Å². The Kier molecular flexibility index (Phi) is 15.7. The molecular weight excluding hydrogens is 268 g/mol. The summed E-state index contributed by atoms with van der Waals surface area (Å²) in [6, 6.07) is 0.720. The molecule has 0 spiro atoms. The molecule has 134 valence electrons. The van der Waals surface area contributed by atoms with Crippen LogP contribution in [0, 0.1) is 0 Å². The second-order valence-electron chi connectivity index (χ2n) is 7.56. The first kappa shape index (κ1) is 21.9. The van der Waals surface area contributed by atoms with Gasteiger partial charge in [-0.3, -0.25) is 0 Å². The summed E-state index contributed by atoms with van der Waals surface area (Å²) in [7, 11) is 8.79. The summed E-state index contributed by atoms with van der Waals surface area (Å²) < 4.78 is 0. The molecule has 0 amide bonds. The SMILES string of the molecule is CCCCCCCCCCCCCCC(CN(C)C)N(C)C. The van der Waals surface area contributed by atoms with Crippen LogP contribution in [0.25, 0.3) is 0 Å². The maximum Gasteiger partial charge on any atom is 0.0216 e. The molecule has 2 heteroatoms. The van der Waals surface area contributed by atoms with Gasteiger partial charge < -0.3 is 9.80 Å². The fourth-order valence-electron chi connectivity index (χ4n) is 3.16. The lowest BCUT2D eigenvalue weighted by Crippen LogP contribution is -2.37. The quantitative estimate of drug-likeness (QED) is 0.344. The number of unbranched alkanes of at least 4 members (excludes halogenated alkanes) is 11. The van der Waals surface area contributed by atoms with Crippen LogP contribution in [0.2, 0.25) is 0 Å². The lowest BCUT2D eigenvalue weighted by molar-refractivity contribution is 0.213. The Morgan fingerprint density at radius 1 is 0.591 bits per heavy atom. The van der Waals surface area contributed by atoms with E-state index in [0.29, 0.717) is 0 Å². The summed E-state index contributed by atoms with van der Waals surface area (Å²) in [5.41, 5.74) is 0. The van der Waals surface area contributed by atoms with Crippen molar-refractivity contribution in [3.63, 3.8) is 0 Å². The van der Waals surface area contributed by atoms with Gasteiger partial charge in [-0.15, -0.1) is 0 Å². The highest BCUT2D eigenvalue weighted by Crippen LogP contribution is 2.14. The highest BCUT2D eigenvalue weighted by Gasteiger charge is 2.11. The van der Waals surface area contributed by atoms with E-state index in [1.165, 1.54) is 90.0 Å². The molecule has 0 bridgehead atoms. The number of hydrogen-bond donors (Lipinski definition) is 0. The fourth-order valence-corrected chi connectivity index (χ4v) is 3.16. The zero-order chi connectivity index (χ0) is 16.6. The molecule has 0 aliphatic heterocycles. The van der Waals surface area contributed by atoms with Gasteiger partial charge >= 0.3 is 0 Å². The second kappa shape index (κ2) is 15.8. The number of nitrogens with zero attached hydrogens (tertiary/aromatic N) is 2. The molecule has 1 unspecified atom stereocenters. The molecule has 22 heavy (non-hydrogen) atoms. The Morgan fingerprint density at radius 3 is 1.36 bits per heavy atom. The van der Waals surface area contributed by atoms with Crippen molar-refractivity contribution in [2.45, 2.75) is 96.4 Å². The summed E-state index contributed by atoms with van der Waals surface area (Å²) in [5.74, 6) is 0. The monoisotopic (exact) mass is 312 g/mol. The van der Waals surface area contributed by atoms with Gasteiger partial charge in [0.1, 0.15) is 0 Å². The molecule has 1 atom stereocenters. The molecule has 2 nitrogen and oxygen atoms in total. The van der Waals surface area contributed by atoms with Gasteiger partial charge in [0.2, 0.25) is 0 Å². The van der Waals surface area contributed by atoms with Crippen LogP contribution in [0.3, 0.4) is 0 Å². The smallest absolute Gasteiger partial charge is 0.0216 e. The van der Waals surface area contributed by atoms with Gasteiger partial charge in [0, 0.05) is 12.6 Å². The van der Waals surface area contributed by atoms with Crippen molar-refractivity contribution >= 4 is 0 Å². The molecule has 0 aliphatic rings. The van der Waals surface area contributed by atoms with Gasteiger partial charge in [0.15, 0.2) is 0 Å². The number of likely N-dealkylation sites (N-methyl/N-ethyl adjacent to an activating group) is 2. The zero-order valence-electron chi connectivity index (χ0n) is 16.4. The molecule has 0 aliphatic carbocycles. The topological polar surface area (TPSA) is 6.48 Å². The molecule has 0 rings (SSSR count). The van der Waals surface area contributed by atoms with Gasteiger partial charge in [0.25, 0.3) is 0 Å². The van der Waals surface area contributed by atoms with E-state index in [-0.39, 0.29) is 0 Å². The maximum absolute atomic E-state index is 2.39. The van der Waals surface area contributed by atoms with Crippen LogP contribution in [-0.2, 0) is 0 Å². The van der Waals surface area contributed by atoms with Crippen molar-refractivity contribution < 1.29 is 0 Å². The predicted molar refractivity (Wildman–Crippen MR) is 102 cm³/mol. The number of hydrogen-bond acceptors (Lipinski definition) is 2. The first-order valence-electron chi connectivity index (χ1n) is 9.89. The lowest BCUT2D eigenvalue weighted by Gasteiger charge is -2.27. The molecule has 0 heterocycles. The predicted octanol–water partition coefficient (Wildman–Crippen LogP) is 5.57. The van der Waals surface area contributed by atoms with E-state index in [0.717, 1.165) is 6.04 Å². The van der Waals surface area contributed by atoms with Crippen molar-refractivity contribution in [2.75, 3.05) is 34.7 Å². The van der Waals surface area contributed by atoms with Crippen LogP contribution in [0.4, 0.5) is 0 Å². The Bertz CT molecular complexity index is 214. The maximum atomic E-state index is 2.39.